The lowest BCUT2D eigenvalue weighted by molar-refractivity contribution is -0.141. The highest BCUT2D eigenvalue weighted by Gasteiger charge is 2.34. The Balaban J connectivity index is 1.78. The van der Waals surface area contributed by atoms with Gasteiger partial charge in [0.1, 0.15) is 11.3 Å². The highest BCUT2D eigenvalue weighted by atomic mass is 16.4. The van der Waals surface area contributed by atoms with E-state index in [1.807, 2.05) is 30.3 Å². The van der Waals surface area contributed by atoms with Gasteiger partial charge in [-0.05, 0) is 12.1 Å². The number of carboxylic acids is 1. The summed E-state index contributed by atoms with van der Waals surface area (Å²) in [7, 11) is 0. The van der Waals surface area contributed by atoms with Crippen molar-refractivity contribution in [2.24, 2.45) is 5.92 Å². The van der Waals surface area contributed by atoms with Gasteiger partial charge in [0, 0.05) is 18.4 Å². The number of carbonyl (C=O) groups is 2. The van der Waals surface area contributed by atoms with Gasteiger partial charge < -0.3 is 14.4 Å². The van der Waals surface area contributed by atoms with Crippen LogP contribution in [0.1, 0.15) is 12.2 Å². The molecule has 3 rings (SSSR count). The fourth-order valence-corrected chi connectivity index (χ4v) is 2.39. The Kier molecular flexibility index (Phi) is 2.74. The lowest BCUT2D eigenvalue weighted by atomic mass is 10.1. The Morgan fingerprint density at radius 2 is 2.21 bits per heavy atom. The number of nitrogens with zero attached hydrogens (tertiary/aromatic N) is 1. The molecule has 0 spiro atoms. The Labute approximate surface area is 109 Å². The number of hydrogen-bond acceptors (Lipinski definition) is 3. The molecular formula is C14H13NO4. The summed E-state index contributed by atoms with van der Waals surface area (Å²) in [5.41, 5.74) is 0.777. The molecule has 0 bridgehead atoms. The molecule has 1 aromatic carbocycles. The number of aliphatic carboxylic acids is 1. The summed E-state index contributed by atoms with van der Waals surface area (Å²) in [6.07, 6.45) is 0.0789. The number of hydrogen-bond donors (Lipinski definition) is 1. The molecule has 1 aromatic heterocycles. The van der Waals surface area contributed by atoms with Gasteiger partial charge in [0.25, 0.3) is 0 Å². The Bertz CT molecular complexity index is 613. The number of furan rings is 1. The molecule has 2 aromatic rings. The second kappa shape index (κ2) is 4.42. The van der Waals surface area contributed by atoms with Gasteiger partial charge in [-0.2, -0.15) is 0 Å². The highest BCUT2D eigenvalue weighted by molar-refractivity contribution is 5.86. The molecule has 1 saturated heterocycles. The molecule has 0 radical (unpaired) electrons. The summed E-state index contributed by atoms with van der Waals surface area (Å²) in [5.74, 6) is -0.967. The van der Waals surface area contributed by atoms with Gasteiger partial charge in [-0.1, -0.05) is 18.2 Å². The van der Waals surface area contributed by atoms with E-state index in [0.29, 0.717) is 12.3 Å². The lowest BCUT2D eigenvalue weighted by Crippen LogP contribution is -2.25. The first-order valence-electron chi connectivity index (χ1n) is 6.11. The van der Waals surface area contributed by atoms with Gasteiger partial charge in [-0.25, -0.2) is 0 Å². The smallest absolute Gasteiger partial charge is 0.308 e. The van der Waals surface area contributed by atoms with Crippen LogP contribution in [0, 0.1) is 5.92 Å². The topological polar surface area (TPSA) is 70.8 Å². The van der Waals surface area contributed by atoms with Gasteiger partial charge in [0.05, 0.1) is 12.5 Å². The molecule has 1 atom stereocenters. The quantitative estimate of drug-likeness (QED) is 0.913. The number of para-hydroxylation sites is 1. The maximum Gasteiger partial charge on any atom is 0.308 e. The van der Waals surface area contributed by atoms with Gasteiger partial charge in [0.2, 0.25) is 5.91 Å². The predicted molar refractivity (Wildman–Crippen MR) is 67.4 cm³/mol. The van der Waals surface area contributed by atoms with Gasteiger partial charge >= 0.3 is 5.97 Å². The number of likely N-dealkylation sites (tertiary alicyclic amines) is 1. The minimum absolute atomic E-state index is 0.0789. The number of carboxylic acid groups (broad SMARTS) is 1. The second-order valence-electron chi connectivity index (χ2n) is 4.76. The van der Waals surface area contributed by atoms with E-state index in [2.05, 4.69) is 0 Å². The largest absolute Gasteiger partial charge is 0.481 e. The van der Waals surface area contributed by atoms with Crippen LogP contribution in [-0.2, 0) is 16.1 Å². The summed E-state index contributed by atoms with van der Waals surface area (Å²) in [6.45, 7) is 0.586. The van der Waals surface area contributed by atoms with Crippen molar-refractivity contribution in [1.82, 2.24) is 4.90 Å². The number of fused-ring (bicyclic) bond motifs is 1. The van der Waals surface area contributed by atoms with Crippen LogP contribution >= 0.6 is 0 Å². The Morgan fingerprint density at radius 1 is 1.42 bits per heavy atom. The zero-order chi connectivity index (χ0) is 13.4. The average Bonchev–Trinajstić information content (AvgIpc) is 2.93. The molecule has 1 amide bonds. The van der Waals surface area contributed by atoms with Crippen molar-refractivity contribution in [3.63, 3.8) is 0 Å². The summed E-state index contributed by atoms with van der Waals surface area (Å²) in [6, 6.07) is 9.50. The normalized spacial score (nSPS) is 19.3. The third kappa shape index (κ3) is 2.19. The van der Waals surface area contributed by atoms with E-state index in [-0.39, 0.29) is 18.9 Å². The van der Waals surface area contributed by atoms with Gasteiger partial charge in [-0.3, -0.25) is 9.59 Å². The molecule has 5 heteroatoms. The molecule has 1 N–H and O–H groups in total. The molecule has 0 aliphatic carbocycles. The van der Waals surface area contributed by atoms with E-state index in [1.165, 1.54) is 4.90 Å². The molecular weight excluding hydrogens is 246 g/mol. The SMILES string of the molecule is O=C(O)C1CC(=O)N(Cc2cc3ccccc3o2)C1. The van der Waals surface area contributed by atoms with E-state index in [9.17, 15) is 9.59 Å². The third-order valence-electron chi connectivity index (χ3n) is 3.39. The van der Waals surface area contributed by atoms with Crippen molar-refractivity contribution in [1.29, 1.82) is 0 Å². The minimum atomic E-state index is -0.916. The molecule has 1 unspecified atom stereocenters. The van der Waals surface area contributed by atoms with Crippen molar-refractivity contribution in [3.8, 4) is 0 Å². The van der Waals surface area contributed by atoms with Crippen LogP contribution in [0.4, 0.5) is 0 Å². The third-order valence-corrected chi connectivity index (χ3v) is 3.39. The highest BCUT2D eigenvalue weighted by Crippen LogP contribution is 2.24. The average molecular weight is 259 g/mol. The van der Waals surface area contributed by atoms with Crippen LogP contribution in [0.2, 0.25) is 0 Å². The first-order valence-corrected chi connectivity index (χ1v) is 6.11. The molecule has 1 aliphatic rings. The van der Waals surface area contributed by atoms with Crippen LogP contribution in [0.3, 0.4) is 0 Å². The Morgan fingerprint density at radius 3 is 2.89 bits per heavy atom. The van der Waals surface area contributed by atoms with E-state index >= 15 is 0 Å². The van der Waals surface area contributed by atoms with Gasteiger partial charge in [0.15, 0.2) is 0 Å². The van der Waals surface area contributed by atoms with Crippen LogP contribution < -0.4 is 0 Å². The molecule has 1 fully saturated rings. The van der Waals surface area contributed by atoms with Crippen molar-refractivity contribution in [3.05, 3.63) is 36.1 Å². The first kappa shape index (κ1) is 11.8. The van der Waals surface area contributed by atoms with Crippen molar-refractivity contribution >= 4 is 22.8 Å². The van der Waals surface area contributed by atoms with Crippen molar-refractivity contribution < 1.29 is 19.1 Å². The first-order chi connectivity index (χ1) is 9.13. The Hall–Kier alpha value is -2.30. The second-order valence-corrected chi connectivity index (χ2v) is 4.76. The zero-order valence-electron chi connectivity index (χ0n) is 10.2. The van der Waals surface area contributed by atoms with Crippen molar-refractivity contribution in [2.75, 3.05) is 6.54 Å². The van der Waals surface area contributed by atoms with Gasteiger partial charge in [-0.15, -0.1) is 0 Å². The lowest BCUT2D eigenvalue weighted by Gasteiger charge is -2.13. The van der Waals surface area contributed by atoms with E-state index in [0.717, 1.165) is 11.0 Å². The monoisotopic (exact) mass is 259 g/mol. The van der Waals surface area contributed by atoms with Crippen LogP contribution in [0.25, 0.3) is 11.0 Å². The fourth-order valence-electron chi connectivity index (χ4n) is 2.39. The van der Waals surface area contributed by atoms with E-state index in [4.69, 9.17) is 9.52 Å². The molecule has 5 nitrogen and oxygen atoms in total. The summed E-state index contributed by atoms with van der Waals surface area (Å²) < 4.78 is 5.63. The molecule has 2 heterocycles. The number of rotatable bonds is 3. The standard InChI is InChI=1S/C14H13NO4/c16-13-6-10(14(17)18)7-15(13)8-11-5-9-3-1-2-4-12(9)19-11/h1-5,10H,6-8H2,(H,17,18). The maximum atomic E-state index is 11.7. The molecule has 1 aliphatic heterocycles. The number of benzene rings is 1. The molecule has 0 saturated carbocycles. The molecule has 98 valence electrons. The summed E-state index contributed by atoms with van der Waals surface area (Å²) in [4.78, 5) is 24.2. The predicted octanol–water partition coefficient (Wildman–Crippen LogP) is 1.87. The van der Waals surface area contributed by atoms with E-state index < -0.39 is 11.9 Å². The van der Waals surface area contributed by atoms with Crippen LogP contribution in [0.15, 0.2) is 34.7 Å². The van der Waals surface area contributed by atoms with Crippen LogP contribution in [-0.4, -0.2) is 28.4 Å². The number of amides is 1. The van der Waals surface area contributed by atoms with E-state index in [1.54, 1.807) is 0 Å². The minimum Gasteiger partial charge on any atom is -0.481 e. The summed E-state index contributed by atoms with van der Waals surface area (Å²) in [5, 5.41) is 9.91. The van der Waals surface area contributed by atoms with Crippen LogP contribution in [0.5, 0.6) is 0 Å². The maximum absolute atomic E-state index is 11.7. The molecule has 19 heavy (non-hydrogen) atoms. The number of carbonyl (C=O) groups excluding carboxylic acids is 1. The summed E-state index contributed by atoms with van der Waals surface area (Å²) >= 11 is 0. The zero-order valence-corrected chi connectivity index (χ0v) is 10.2. The fraction of sp³-hybridized carbons (Fsp3) is 0.286. The van der Waals surface area contributed by atoms with Crippen molar-refractivity contribution in [2.45, 2.75) is 13.0 Å².